The van der Waals surface area contributed by atoms with E-state index in [1.807, 2.05) is 12.2 Å². The molecule has 15 heteroatoms. The van der Waals surface area contributed by atoms with Gasteiger partial charge < -0.3 is 20.1 Å². The van der Waals surface area contributed by atoms with Gasteiger partial charge in [0.15, 0.2) is 23.3 Å². The number of rotatable bonds is 12. The number of unbranched alkanes of at least 4 members (excludes halogenated alkanes) is 1. The largest absolute Gasteiger partial charge is 0.348 e. The van der Waals surface area contributed by atoms with E-state index >= 15 is 4.39 Å². The first-order valence-corrected chi connectivity index (χ1v) is 13.2. The molecule has 0 spiro atoms. The van der Waals surface area contributed by atoms with E-state index in [1.54, 1.807) is 6.92 Å². The van der Waals surface area contributed by atoms with Gasteiger partial charge in [-0.1, -0.05) is 13.3 Å². The number of hydrogen-bond acceptors (Lipinski definition) is 5. The molecule has 0 unspecified atom stereocenters. The molecule has 2 aromatic rings. The second kappa shape index (κ2) is 13.4. The van der Waals surface area contributed by atoms with Crippen molar-refractivity contribution in [3.63, 3.8) is 0 Å². The Morgan fingerprint density at radius 1 is 0.974 bits per heavy atom. The summed E-state index contributed by atoms with van der Waals surface area (Å²) in [6.07, 6.45) is 2.34. The summed E-state index contributed by atoms with van der Waals surface area (Å²) in [6, 6.07) is 0.966. The van der Waals surface area contributed by atoms with E-state index in [2.05, 4.69) is 10.0 Å². The highest BCUT2D eigenvalue weighted by Crippen LogP contribution is 2.23. The molecule has 0 aliphatic rings. The summed E-state index contributed by atoms with van der Waals surface area (Å²) in [4.78, 5) is 37.1. The summed E-state index contributed by atoms with van der Waals surface area (Å²) in [5.41, 5.74) is -1.27. The molecule has 1 aromatic carbocycles. The number of carbonyl (C=O) groups excluding carboxylic acids is 3. The van der Waals surface area contributed by atoms with Crippen LogP contribution in [0.25, 0.3) is 0 Å². The van der Waals surface area contributed by atoms with Gasteiger partial charge in [0, 0.05) is 57.2 Å². The molecular weight excluding hydrogens is 534 g/mol. The number of likely N-dealkylation sites (N-methyl/N-ethyl adjacent to an activating group) is 1. The van der Waals surface area contributed by atoms with Gasteiger partial charge in [-0.2, -0.15) is 0 Å². The minimum absolute atomic E-state index is 0.0637. The van der Waals surface area contributed by atoms with E-state index in [9.17, 15) is 36.0 Å². The fraction of sp³-hybridized carbons (Fsp3) is 0.435. The normalized spacial score (nSPS) is 11.3. The molecule has 38 heavy (non-hydrogen) atoms. The van der Waals surface area contributed by atoms with E-state index in [1.165, 1.54) is 11.9 Å². The highest BCUT2D eigenvalue weighted by Gasteiger charge is 2.29. The van der Waals surface area contributed by atoms with Crippen molar-refractivity contribution in [3.05, 3.63) is 47.3 Å². The van der Waals surface area contributed by atoms with Gasteiger partial charge in [0.1, 0.15) is 10.6 Å². The maximum absolute atomic E-state index is 15.0. The Morgan fingerprint density at radius 2 is 1.58 bits per heavy atom. The Labute approximate surface area is 217 Å². The smallest absolute Gasteiger partial charge is 0.311 e. The number of carbonyl (C=O) groups is 3. The molecule has 0 saturated carbocycles. The predicted octanol–water partition coefficient (Wildman–Crippen LogP) is 2.27. The molecule has 3 N–H and O–H groups in total. The summed E-state index contributed by atoms with van der Waals surface area (Å²) in [6.45, 7) is 3.99. The molecule has 0 fully saturated rings. The fourth-order valence-electron chi connectivity index (χ4n) is 3.43. The van der Waals surface area contributed by atoms with E-state index in [-0.39, 0.29) is 26.1 Å². The number of nitrogens with one attached hydrogen (secondary N) is 3. The molecule has 0 aliphatic carbocycles. The van der Waals surface area contributed by atoms with Gasteiger partial charge >= 0.3 is 11.8 Å². The topological polar surface area (TPSA) is 130 Å². The number of anilines is 1. The van der Waals surface area contributed by atoms with Crippen LogP contribution in [0.3, 0.4) is 0 Å². The second-order valence-corrected chi connectivity index (χ2v) is 9.97. The van der Waals surface area contributed by atoms with Crippen molar-refractivity contribution >= 4 is 33.4 Å². The van der Waals surface area contributed by atoms with E-state index < -0.39 is 67.3 Å². The number of aryl methyl sites for hydroxylation is 1. The SMILES string of the molecule is CCCCN(CCCNS(=O)(=O)c1cn(C)c(C(=O)Nc2cc(F)c(F)c(F)c2)c1F)C(=O)C(=O)NCC. The fourth-order valence-corrected chi connectivity index (χ4v) is 4.63. The van der Waals surface area contributed by atoms with Crippen LogP contribution in [0, 0.1) is 23.3 Å². The van der Waals surface area contributed by atoms with Crippen LogP contribution < -0.4 is 15.4 Å². The average molecular weight is 564 g/mol. The van der Waals surface area contributed by atoms with Crippen molar-refractivity contribution in [2.24, 2.45) is 7.05 Å². The Hall–Kier alpha value is -3.46. The molecule has 210 valence electrons. The van der Waals surface area contributed by atoms with Crippen LogP contribution in [-0.4, -0.2) is 61.8 Å². The highest BCUT2D eigenvalue weighted by atomic mass is 32.2. The number of aromatic nitrogens is 1. The molecule has 0 atom stereocenters. The number of nitrogens with zero attached hydrogens (tertiary/aromatic N) is 2. The third-order valence-electron chi connectivity index (χ3n) is 5.33. The summed E-state index contributed by atoms with van der Waals surface area (Å²) in [7, 11) is -3.27. The molecule has 3 amide bonds. The lowest BCUT2D eigenvalue weighted by Crippen LogP contribution is -2.44. The molecule has 0 saturated heterocycles. The average Bonchev–Trinajstić information content (AvgIpc) is 3.16. The molecule has 0 radical (unpaired) electrons. The molecule has 10 nitrogen and oxygen atoms in total. The summed E-state index contributed by atoms with van der Waals surface area (Å²) in [5, 5.41) is 4.40. The Morgan fingerprint density at radius 3 is 2.16 bits per heavy atom. The molecular formula is C23H29F4N5O5S. The first kappa shape index (κ1) is 30.8. The van der Waals surface area contributed by atoms with Crippen LogP contribution in [-0.2, 0) is 26.7 Å². The van der Waals surface area contributed by atoms with E-state index in [0.717, 1.165) is 17.2 Å². The van der Waals surface area contributed by atoms with Gasteiger partial charge in [-0.05, 0) is 19.8 Å². The second-order valence-electron chi connectivity index (χ2n) is 8.23. The molecule has 2 rings (SSSR count). The van der Waals surface area contributed by atoms with Crippen LogP contribution in [0.5, 0.6) is 0 Å². The number of sulfonamides is 1. The number of amides is 3. The minimum Gasteiger partial charge on any atom is -0.348 e. The standard InChI is InChI=1S/C23H29F4N5O5S/c1-4-6-9-32(23(35)22(34)28-5-2)10-7-8-29-38(36,37)17-13-31(3)20(19(17)27)21(33)30-14-11-15(24)18(26)16(25)12-14/h11-13,29H,4-10H2,1-3H3,(H,28,34)(H,30,33). The van der Waals surface area contributed by atoms with Crippen molar-refractivity contribution in [3.8, 4) is 0 Å². The lowest BCUT2D eigenvalue weighted by atomic mass is 10.2. The van der Waals surface area contributed by atoms with Crippen molar-refractivity contribution in [2.75, 3.05) is 31.5 Å². The van der Waals surface area contributed by atoms with Crippen molar-refractivity contribution in [2.45, 2.75) is 38.0 Å². The minimum atomic E-state index is -4.46. The number of hydrogen-bond donors (Lipinski definition) is 3. The van der Waals surface area contributed by atoms with Crippen LogP contribution in [0.4, 0.5) is 23.2 Å². The van der Waals surface area contributed by atoms with E-state index in [0.29, 0.717) is 25.1 Å². The van der Waals surface area contributed by atoms with Crippen LogP contribution >= 0.6 is 0 Å². The molecule has 1 aromatic heterocycles. The Bertz CT molecular complexity index is 1280. The Balaban J connectivity index is 2.09. The highest BCUT2D eigenvalue weighted by molar-refractivity contribution is 7.89. The maximum Gasteiger partial charge on any atom is 0.311 e. The van der Waals surface area contributed by atoms with Crippen molar-refractivity contribution < 1.29 is 40.4 Å². The summed E-state index contributed by atoms with van der Waals surface area (Å²) in [5.74, 6) is -9.08. The third kappa shape index (κ3) is 7.54. The van der Waals surface area contributed by atoms with Crippen molar-refractivity contribution in [1.29, 1.82) is 0 Å². The Kier molecular flexibility index (Phi) is 10.8. The lowest BCUT2D eigenvalue weighted by molar-refractivity contribution is -0.145. The number of halogens is 4. The summed E-state index contributed by atoms with van der Waals surface area (Å²) < 4.78 is 83.4. The predicted molar refractivity (Wildman–Crippen MR) is 130 cm³/mol. The zero-order valence-corrected chi connectivity index (χ0v) is 21.9. The maximum atomic E-state index is 15.0. The van der Waals surface area contributed by atoms with Gasteiger partial charge in [-0.3, -0.25) is 14.4 Å². The first-order valence-electron chi connectivity index (χ1n) is 11.7. The summed E-state index contributed by atoms with van der Waals surface area (Å²) >= 11 is 0. The van der Waals surface area contributed by atoms with Crippen LogP contribution in [0.15, 0.2) is 23.2 Å². The zero-order chi connectivity index (χ0) is 28.6. The van der Waals surface area contributed by atoms with Gasteiger partial charge in [0.25, 0.3) is 5.91 Å². The van der Waals surface area contributed by atoms with Gasteiger partial charge in [-0.15, -0.1) is 0 Å². The van der Waals surface area contributed by atoms with Gasteiger partial charge in [-0.25, -0.2) is 30.7 Å². The zero-order valence-electron chi connectivity index (χ0n) is 21.0. The molecule has 1 heterocycles. The number of benzene rings is 1. The van der Waals surface area contributed by atoms with Crippen LogP contribution in [0.1, 0.15) is 43.6 Å². The quantitative estimate of drug-likeness (QED) is 0.158. The molecule has 0 aliphatic heterocycles. The van der Waals surface area contributed by atoms with Crippen molar-refractivity contribution in [1.82, 2.24) is 19.5 Å². The van der Waals surface area contributed by atoms with Crippen LogP contribution in [0.2, 0.25) is 0 Å². The van der Waals surface area contributed by atoms with Gasteiger partial charge in [0.05, 0.1) is 0 Å². The third-order valence-corrected chi connectivity index (χ3v) is 6.78. The van der Waals surface area contributed by atoms with E-state index in [4.69, 9.17) is 0 Å². The molecule has 0 bridgehead atoms. The monoisotopic (exact) mass is 563 g/mol. The first-order chi connectivity index (χ1) is 17.8. The lowest BCUT2D eigenvalue weighted by Gasteiger charge is -2.21. The van der Waals surface area contributed by atoms with Gasteiger partial charge in [0.2, 0.25) is 10.0 Å².